The average molecular weight is 222 g/mol. The summed E-state index contributed by atoms with van der Waals surface area (Å²) in [4.78, 5) is 0. The molecule has 0 bridgehead atoms. The van der Waals surface area contributed by atoms with E-state index in [0.29, 0.717) is 17.0 Å². The maximum Gasteiger partial charge on any atom is 0.124 e. The van der Waals surface area contributed by atoms with E-state index in [0.717, 1.165) is 0 Å². The van der Waals surface area contributed by atoms with Crippen molar-refractivity contribution in [2.75, 3.05) is 12.8 Å². The smallest absolute Gasteiger partial charge is 0.124 e. The summed E-state index contributed by atoms with van der Waals surface area (Å²) < 4.78 is 5.04. The monoisotopic (exact) mass is 222 g/mol. The zero-order chi connectivity index (χ0) is 12.1. The van der Waals surface area contributed by atoms with E-state index in [9.17, 15) is 10.2 Å². The minimum Gasteiger partial charge on any atom is -0.496 e. The van der Waals surface area contributed by atoms with Crippen molar-refractivity contribution >= 4 is 5.69 Å². The largest absolute Gasteiger partial charge is 0.496 e. The van der Waals surface area contributed by atoms with Gasteiger partial charge in [0.2, 0.25) is 0 Å². The molecule has 4 N–H and O–H groups in total. The molecule has 16 heavy (non-hydrogen) atoms. The Kier molecular flexibility index (Phi) is 4.11. The van der Waals surface area contributed by atoms with Gasteiger partial charge in [-0.15, -0.1) is 0 Å². The van der Waals surface area contributed by atoms with Crippen molar-refractivity contribution in [3.05, 3.63) is 23.8 Å². The SMILES string of the molecule is COc1ccc(N)cc1C(O)C(O)CC#N. The number of nitrogens with zero attached hydrogens (tertiary/aromatic N) is 1. The predicted molar refractivity (Wildman–Crippen MR) is 58.6 cm³/mol. The molecule has 1 aromatic carbocycles. The molecule has 0 spiro atoms. The van der Waals surface area contributed by atoms with Crippen LogP contribution in [-0.2, 0) is 0 Å². The van der Waals surface area contributed by atoms with Gasteiger partial charge in [-0.25, -0.2) is 0 Å². The van der Waals surface area contributed by atoms with Crippen molar-refractivity contribution in [2.24, 2.45) is 0 Å². The molecule has 5 nitrogen and oxygen atoms in total. The van der Waals surface area contributed by atoms with Crippen molar-refractivity contribution in [2.45, 2.75) is 18.6 Å². The molecule has 0 fully saturated rings. The van der Waals surface area contributed by atoms with Crippen LogP contribution in [0.25, 0.3) is 0 Å². The summed E-state index contributed by atoms with van der Waals surface area (Å²) in [6.45, 7) is 0. The average Bonchev–Trinajstić information content (AvgIpc) is 2.28. The first-order valence-electron chi connectivity index (χ1n) is 4.76. The lowest BCUT2D eigenvalue weighted by Gasteiger charge is -2.18. The van der Waals surface area contributed by atoms with E-state index < -0.39 is 12.2 Å². The first-order valence-corrected chi connectivity index (χ1v) is 4.76. The number of aliphatic hydroxyl groups is 2. The van der Waals surface area contributed by atoms with Gasteiger partial charge < -0.3 is 20.7 Å². The molecular formula is C11H14N2O3. The number of rotatable bonds is 4. The van der Waals surface area contributed by atoms with Gasteiger partial charge in [0.05, 0.1) is 25.7 Å². The molecule has 0 amide bonds. The molecule has 0 saturated heterocycles. The highest BCUT2D eigenvalue weighted by molar-refractivity contribution is 5.49. The van der Waals surface area contributed by atoms with Gasteiger partial charge in [0.25, 0.3) is 0 Å². The number of nitriles is 1. The Balaban J connectivity index is 3.01. The highest BCUT2D eigenvalue weighted by Gasteiger charge is 2.21. The second-order valence-electron chi connectivity index (χ2n) is 3.38. The minimum atomic E-state index is -1.18. The molecule has 1 rings (SSSR count). The summed E-state index contributed by atoms with van der Waals surface area (Å²) in [7, 11) is 1.46. The Morgan fingerprint density at radius 3 is 2.75 bits per heavy atom. The molecule has 5 heteroatoms. The second kappa shape index (κ2) is 5.35. The standard InChI is InChI=1S/C11H14N2O3/c1-16-10-3-2-7(13)6-8(10)11(15)9(14)4-5-12/h2-3,6,9,11,14-15H,4,13H2,1H3. The Labute approximate surface area is 93.7 Å². The number of nitrogens with two attached hydrogens (primary N) is 1. The maximum absolute atomic E-state index is 9.82. The van der Waals surface area contributed by atoms with Crippen molar-refractivity contribution < 1.29 is 14.9 Å². The molecule has 0 aromatic heterocycles. The fraction of sp³-hybridized carbons (Fsp3) is 0.364. The van der Waals surface area contributed by atoms with Crippen LogP contribution in [0.4, 0.5) is 5.69 Å². The Morgan fingerprint density at radius 2 is 2.19 bits per heavy atom. The van der Waals surface area contributed by atoms with Crippen molar-refractivity contribution in [3.8, 4) is 11.8 Å². The van der Waals surface area contributed by atoms with Gasteiger partial charge >= 0.3 is 0 Å². The van der Waals surface area contributed by atoms with Crippen LogP contribution in [0.15, 0.2) is 18.2 Å². The van der Waals surface area contributed by atoms with Crippen molar-refractivity contribution in [1.29, 1.82) is 5.26 Å². The Hall–Kier alpha value is -1.77. The fourth-order valence-electron chi connectivity index (χ4n) is 1.40. The number of anilines is 1. The molecule has 1 aromatic rings. The maximum atomic E-state index is 9.82. The molecule has 86 valence electrons. The van der Waals surface area contributed by atoms with Crippen LogP contribution in [-0.4, -0.2) is 23.4 Å². The van der Waals surface area contributed by atoms with Gasteiger partial charge in [-0.3, -0.25) is 0 Å². The van der Waals surface area contributed by atoms with Crippen LogP contribution in [0, 0.1) is 11.3 Å². The highest BCUT2D eigenvalue weighted by Crippen LogP contribution is 2.29. The highest BCUT2D eigenvalue weighted by atomic mass is 16.5. The van der Waals surface area contributed by atoms with E-state index in [1.807, 2.05) is 0 Å². The normalized spacial score (nSPS) is 13.9. The number of benzene rings is 1. The lowest BCUT2D eigenvalue weighted by atomic mass is 10.0. The molecule has 0 radical (unpaired) electrons. The molecule has 0 heterocycles. The number of hydrogen-bond acceptors (Lipinski definition) is 5. The van der Waals surface area contributed by atoms with Crippen LogP contribution in [0.1, 0.15) is 18.1 Å². The van der Waals surface area contributed by atoms with Crippen LogP contribution >= 0.6 is 0 Å². The number of methoxy groups -OCH3 is 1. The van der Waals surface area contributed by atoms with Gasteiger partial charge in [-0.2, -0.15) is 5.26 Å². The molecule has 0 aliphatic rings. The molecular weight excluding hydrogens is 208 g/mol. The minimum absolute atomic E-state index is 0.154. The number of nitrogen functional groups attached to an aromatic ring is 1. The topological polar surface area (TPSA) is 99.5 Å². The Bertz CT molecular complexity index is 401. The van der Waals surface area contributed by atoms with E-state index >= 15 is 0 Å². The van der Waals surface area contributed by atoms with Crippen LogP contribution in [0.2, 0.25) is 0 Å². The first-order chi connectivity index (χ1) is 7.60. The lowest BCUT2D eigenvalue weighted by Crippen LogP contribution is -2.18. The van der Waals surface area contributed by atoms with E-state index in [-0.39, 0.29) is 6.42 Å². The van der Waals surface area contributed by atoms with Gasteiger partial charge in [0.1, 0.15) is 11.9 Å². The van der Waals surface area contributed by atoms with E-state index in [2.05, 4.69) is 0 Å². The molecule has 2 atom stereocenters. The van der Waals surface area contributed by atoms with Gasteiger partial charge in [0, 0.05) is 11.3 Å². The van der Waals surface area contributed by atoms with Gasteiger partial charge in [-0.05, 0) is 18.2 Å². The Morgan fingerprint density at radius 1 is 1.50 bits per heavy atom. The van der Waals surface area contributed by atoms with E-state index in [1.165, 1.54) is 13.2 Å². The molecule has 0 aliphatic heterocycles. The molecule has 2 unspecified atom stereocenters. The molecule has 0 aliphatic carbocycles. The number of ether oxygens (including phenoxy) is 1. The molecule has 0 saturated carbocycles. The zero-order valence-corrected chi connectivity index (χ0v) is 8.92. The van der Waals surface area contributed by atoms with E-state index in [4.69, 9.17) is 15.7 Å². The van der Waals surface area contributed by atoms with Gasteiger partial charge in [0.15, 0.2) is 0 Å². The third kappa shape index (κ3) is 2.63. The number of aliphatic hydroxyl groups excluding tert-OH is 2. The summed E-state index contributed by atoms with van der Waals surface area (Å²) >= 11 is 0. The van der Waals surface area contributed by atoms with Crippen molar-refractivity contribution in [3.63, 3.8) is 0 Å². The summed E-state index contributed by atoms with van der Waals surface area (Å²) in [5.41, 5.74) is 6.42. The summed E-state index contributed by atoms with van der Waals surface area (Å²) in [5, 5.41) is 27.8. The number of hydrogen-bond donors (Lipinski definition) is 3. The van der Waals surface area contributed by atoms with Crippen LogP contribution < -0.4 is 10.5 Å². The third-order valence-corrected chi connectivity index (χ3v) is 2.24. The summed E-state index contributed by atoms with van der Waals surface area (Å²) in [6.07, 6.45) is -2.49. The van der Waals surface area contributed by atoms with Crippen LogP contribution in [0.5, 0.6) is 5.75 Å². The predicted octanol–water partition coefficient (Wildman–Crippen LogP) is 0.585. The zero-order valence-electron chi connectivity index (χ0n) is 8.92. The van der Waals surface area contributed by atoms with Gasteiger partial charge in [-0.1, -0.05) is 0 Å². The fourth-order valence-corrected chi connectivity index (χ4v) is 1.40. The summed E-state index contributed by atoms with van der Waals surface area (Å²) in [5.74, 6) is 0.429. The van der Waals surface area contributed by atoms with Crippen LogP contribution in [0.3, 0.4) is 0 Å². The quantitative estimate of drug-likeness (QED) is 0.647. The summed E-state index contributed by atoms with van der Waals surface area (Å²) in [6, 6.07) is 6.54. The van der Waals surface area contributed by atoms with E-state index in [1.54, 1.807) is 18.2 Å². The third-order valence-electron chi connectivity index (χ3n) is 2.24. The lowest BCUT2D eigenvalue weighted by molar-refractivity contribution is 0.0203. The second-order valence-corrected chi connectivity index (χ2v) is 3.38. The van der Waals surface area contributed by atoms with Crippen molar-refractivity contribution in [1.82, 2.24) is 0 Å². The first kappa shape index (κ1) is 12.3.